The fourth-order valence-electron chi connectivity index (χ4n) is 2.13. The molecular weight excluding hydrogens is 421 g/mol. The summed E-state index contributed by atoms with van der Waals surface area (Å²) >= 11 is 0. The first kappa shape index (κ1) is 21.4. The minimum atomic E-state index is -3.17. The second-order valence-electron chi connectivity index (χ2n) is 4.99. The van der Waals surface area contributed by atoms with Gasteiger partial charge < -0.3 is 15.5 Å². The Morgan fingerprint density at radius 3 is 2.59 bits per heavy atom. The Morgan fingerprint density at radius 1 is 1.36 bits per heavy atom. The van der Waals surface area contributed by atoms with E-state index < -0.39 is 10.0 Å². The van der Waals surface area contributed by atoms with E-state index in [-0.39, 0.29) is 35.9 Å². The highest BCUT2D eigenvalue weighted by Gasteiger charge is 2.25. The molecule has 1 heterocycles. The van der Waals surface area contributed by atoms with Gasteiger partial charge in [0.25, 0.3) is 0 Å². The molecule has 1 saturated heterocycles. The van der Waals surface area contributed by atoms with Gasteiger partial charge in [-0.1, -0.05) is 6.92 Å². The van der Waals surface area contributed by atoms with Gasteiger partial charge in [-0.2, -0.15) is 0 Å². The van der Waals surface area contributed by atoms with Crippen LogP contribution >= 0.6 is 24.0 Å². The molecule has 1 aliphatic rings. The van der Waals surface area contributed by atoms with Crippen molar-refractivity contribution in [2.45, 2.75) is 25.8 Å². The number of amides is 1. The smallest absolute Gasteiger partial charge is 0.222 e. The zero-order valence-electron chi connectivity index (χ0n) is 13.3. The number of carbonyl (C=O) groups is 1. The lowest BCUT2D eigenvalue weighted by atomic mass is 10.3. The zero-order chi connectivity index (χ0) is 15.9. The van der Waals surface area contributed by atoms with Crippen molar-refractivity contribution < 1.29 is 13.2 Å². The molecule has 0 aromatic carbocycles. The van der Waals surface area contributed by atoms with Gasteiger partial charge in [0.05, 0.1) is 6.26 Å². The van der Waals surface area contributed by atoms with E-state index in [4.69, 9.17) is 0 Å². The standard InChI is InChI=1S/C12H25N5O3S.HI/c1-4-11(18)17-8-5-10(9-17)16-12(13-2)14-6-7-15-21(3,19)20;/h10,15H,4-9H2,1-3H3,(H2,13,14,16);1H. The molecule has 0 spiro atoms. The molecule has 1 amide bonds. The van der Waals surface area contributed by atoms with E-state index in [0.29, 0.717) is 32.0 Å². The van der Waals surface area contributed by atoms with Gasteiger partial charge in [0.2, 0.25) is 15.9 Å². The number of halogens is 1. The summed E-state index contributed by atoms with van der Waals surface area (Å²) in [5, 5.41) is 6.28. The van der Waals surface area contributed by atoms with Gasteiger partial charge in [-0.15, -0.1) is 24.0 Å². The first-order chi connectivity index (χ1) is 9.85. The fourth-order valence-corrected chi connectivity index (χ4v) is 2.61. The summed E-state index contributed by atoms with van der Waals surface area (Å²) < 4.78 is 24.3. The third-order valence-corrected chi connectivity index (χ3v) is 3.92. The highest BCUT2D eigenvalue weighted by atomic mass is 127. The largest absolute Gasteiger partial charge is 0.355 e. The van der Waals surface area contributed by atoms with E-state index in [1.807, 2.05) is 11.8 Å². The second kappa shape index (κ2) is 10.2. The Bertz CT molecular complexity index is 483. The molecule has 0 aliphatic carbocycles. The van der Waals surface area contributed by atoms with Gasteiger partial charge in [0.1, 0.15) is 0 Å². The molecular formula is C12H26IN5O3S. The molecule has 130 valence electrons. The summed E-state index contributed by atoms with van der Waals surface area (Å²) in [6.07, 6.45) is 2.53. The lowest BCUT2D eigenvalue weighted by Gasteiger charge is -2.18. The minimum absolute atomic E-state index is 0. The number of hydrogen-bond acceptors (Lipinski definition) is 4. The van der Waals surface area contributed by atoms with Crippen LogP contribution in [0.15, 0.2) is 4.99 Å². The van der Waals surface area contributed by atoms with Crippen molar-refractivity contribution in [2.75, 3.05) is 39.5 Å². The van der Waals surface area contributed by atoms with Crippen molar-refractivity contribution >= 4 is 45.9 Å². The molecule has 1 rings (SSSR count). The normalized spacial score (nSPS) is 18.8. The van der Waals surface area contributed by atoms with Crippen molar-refractivity contribution in [1.29, 1.82) is 0 Å². The number of sulfonamides is 1. The molecule has 0 aromatic heterocycles. The minimum Gasteiger partial charge on any atom is -0.355 e. The molecule has 1 aliphatic heterocycles. The zero-order valence-corrected chi connectivity index (χ0v) is 16.4. The van der Waals surface area contributed by atoms with E-state index in [1.165, 1.54) is 0 Å². The SMILES string of the molecule is CCC(=O)N1CCC(NC(=NC)NCCNS(C)(=O)=O)C1.I. The molecule has 1 fully saturated rings. The molecule has 3 N–H and O–H groups in total. The molecule has 8 nitrogen and oxygen atoms in total. The number of rotatable bonds is 6. The summed E-state index contributed by atoms with van der Waals surface area (Å²) in [7, 11) is -1.51. The fraction of sp³-hybridized carbons (Fsp3) is 0.833. The molecule has 0 saturated carbocycles. The van der Waals surface area contributed by atoms with Gasteiger partial charge in [-0.25, -0.2) is 13.1 Å². The van der Waals surface area contributed by atoms with Crippen LogP contribution in [0.5, 0.6) is 0 Å². The summed E-state index contributed by atoms with van der Waals surface area (Å²) in [5.41, 5.74) is 0. The number of likely N-dealkylation sites (tertiary alicyclic amines) is 1. The van der Waals surface area contributed by atoms with Crippen molar-refractivity contribution in [3.63, 3.8) is 0 Å². The number of nitrogens with one attached hydrogen (secondary N) is 3. The first-order valence-electron chi connectivity index (χ1n) is 7.05. The highest BCUT2D eigenvalue weighted by Crippen LogP contribution is 2.10. The van der Waals surface area contributed by atoms with Gasteiger partial charge in [0.15, 0.2) is 5.96 Å². The molecule has 22 heavy (non-hydrogen) atoms. The van der Waals surface area contributed by atoms with E-state index in [2.05, 4.69) is 20.3 Å². The number of guanidine groups is 1. The van der Waals surface area contributed by atoms with Gasteiger partial charge in [-0.3, -0.25) is 9.79 Å². The molecule has 0 aromatic rings. The second-order valence-corrected chi connectivity index (χ2v) is 6.82. The third-order valence-electron chi connectivity index (χ3n) is 3.19. The van der Waals surface area contributed by atoms with Crippen molar-refractivity contribution in [3.8, 4) is 0 Å². The van der Waals surface area contributed by atoms with Crippen LogP contribution in [0.3, 0.4) is 0 Å². The summed E-state index contributed by atoms with van der Waals surface area (Å²) in [4.78, 5) is 17.5. The highest BCUT2D eigenvalue weighted by molar-refractivity contribution is 14.0. The van der Waals surface area contributed by atoms with Crippen LogP contribution in [0.25, 0.3) is 0 Å². The van der Waals surface area contributed by atoms with E-state index >= 15 is 0 Å². The average Bonchev–Trinajstić information content (AvgIpc) is 2.88. The maximum atomic E-state index is 11.6. The molecule has 0 bridgehead atoms. The molecule has 10 heteroatoms. The van der Waals surface area contributed by atoms with Crippen LogP contribution < -0.4 is 15.4 Å². The monoisotopic (exact) mass is 447 g/mol. The molecule has 1 unspecified atom stereocenters. The maximum Gasteiger partial charge on any atom is 0.222 e. The predicted molar refractivity (Wildman–Crippen MR) is 98.0 cm³/mol. The first-order valence-corrected chi connectivity index (χ1v) is 8.94. The quantitative estimate of drug-likeness (QED) is 0.217. The van der Waals surface area contributed by atoms with Crippen LogP contribution in [-0.2, 0) is 14.8 Å². The Labute approximate surface area is 149 Å². The topological polar surface area (TPSA) is 103 Å². The van der Waals surface area contributed by atoms with Crippen LogP contribution in [0.4, 0.5) is 0 Å². The van der Waals surface area contributed by atoms with Gasteiger partial charge in [0, 0.05) is 45.7 Å². The van der Waals surface area contributed by atoms with Crippen LogP contribution in [0.2, 0.25) is 0 Å². The summed E-state index contributed by atoms with van der Waals surface area (Å²) in [6, 6.07) is 0.176. The summed E-state index contributed by atoms with van der Waals surface area (Å²) in [6.45, 7) is 4.03. The number of aliphatic imine (C=N–C) groups is 1. The van der Waals surface area contributed by atoms with E-state index in [0.717, 1.165) is 19.2 Å². The Kier molecular flexibility index (Phi) is 9.92. The Morgan fingerprint density at radius 2 is 2.05 bits per heavy atom. The van der Waals surface area contributed by atoms with Crippen LogP contribution in [-0.4, -0.2) is 70.7 Å². The maximum absolute atomic E-state index is 11.6. The predicted octanol–water partition coefficient (Wildman–Crippen LogP) is -0.670. The van der Waals surface area contributed by atoms with Crippen molar-refractivity contribution in [1.82, 2.24) is 20.3 Å². The summed E-state index contributed by atoms with van der Waals surface area (Å²) in [5.74, 6) is 0.778. The Hall–Kier alpha value is -0.620. The van der Waals surface area contributed by atoms with E-state index in [9.17, 15) is 13.2 Å². The average molecular weight is 447 g/mol. The van der Waals surface area contributed by atoms with E-state index in [1.54, 1.807) is 7.05 Å². The number of hydrogen-bond donors (Lipinski definition) is 3. The molecule has 1 atom stereocenters. The van der Waals surface area contributed by atoms with Crippen molar-refractivity contribution in [3.05, 3.63) is 0 Å². The number of carbonyl (C=O) groups excluding carboxylic acids is 1. The van der Waals surface area contributed by atoms with Crippen LogP contribution in [0.1, 0.15) is 19.8 Å². The third kappa shape index (κ3) is 8.13. The van der Waals surface area contributed by atoms with Crippen LogP contribution in [0, 0.1) is 0 Å². The van der Waals surface area contributed by atoms with Gasteiger partial charge in [-0.05, 0) is 6.42 Å². The number of nitrogens with zero attached hydrogens (tertiary/aromatic N) is 2. The van der Waals surface area contributed by atoms with Crippen molar-refractivity contribution in [2.24, 2.45) is 4.99 Å². The van der Waals surface area contributed by atoms with Gasteiger partial charge >= 0.3 is 0 Å². The molecule has 0 radical (unpaired) electrons. The lowest BCUT2D eigenvalue weighted by molar-refractivity contribution is -0.129. The Balaban J connectivity index is 0.00000441. The lowest BCUT2D eigenvalue weighted by Crippen LogP contribution is -2.46.